The molecule has 2 saturated carbocycles. The van der Waals surface area contributed by atoms with Gasteiger partial charge in [-0.05, 0) is 49.4 Å². The lowest BCUT2D eigenvalue weighted by molar-refractivity contribution is 0.0537. The molecule has 2 N–H and O–H groups in total. The Labute approximate surface area is 128 Å². The van der Waals surface area contributed by atoms with Gasteiger partial charge in [-0.1, -0.05) is 27.7 Å². The largest absolute Gasteiger partial charge is 0.393 e. The molecule has 2 rings (SSSR count). The first-order valence-electron chi connectivity index (χ1n) is 8.23. The van der Waals surface area contributed by atoms with Crippen molar-refractivity contribution in [1.29, 1.82) is 0 Å². The molecule has 2 fully saturated rings. The van der Waals surface area contributed by atoms with E-state index in [0.717, 1.165) is 0 Å². The van der Waals surface area contributed by atoms with Crippen LogP contribution >= 0.6 is 0 Å². The Kier molecular flexibility index (Phi) is 5.06. The first-order valence-corrected chi connectivity index (χ1v) is 9.84. The maximum absolute atomic E-state index is 13.1. The third kappa shape index (κ3) is 3.30. The van der Waals surface area contributed by atoms with Crippen LogP contribution in [0.3, 0.4) is 0 Å². The summed E-state index contributed by atoms with van der Waals surface area (Å²) < 4.78 is 26.2. The molecule has 4 nitrogen and oxygen atoms in total. The average Bonchev–Trinajstić information content (AvgIpc) is 2.37. The Balaban J connectivity index is 2.21. The number of hydrogen-bond acceptors (Lipinski definition) is 4. The number of rotatable bonds is 2. The molecule has 8 atom stereocenters. The number of aliphatic hydroxyl groups is 2. The predicted molar refractivity (Wildman–Crippen MR) is 83.6 cm³/mol. The molecule has 0 saturated heterocycles. The molecule has 5 heteroatoms. The molecule has 0 aromatic heterocycles. The molecule has 0 aromatic carbocycles. The minimum Gasteiger partial charge on any atom is -0.393 e. The van der Waals surface area contributed by atoms with Gasteiger partial charge in [0.15, 0.2) is 9.84 Å². The Morgan fingerprint density at radius 3 is 1.33 bits per heavy atom. The lowest BCUT2D eigenvalue weighted by Gasteiger charge is -2.42. The smallest absolute Gasteiger partial charge is 0.156 e. The van der Waals surface area contributed by atoms with Crippen molar-refractivity contribution in [2.75, 3.05) is 0 Å². The summed E-state index contributed by atoms with van der Waals surface area (Å²) in [4.78, 5) is 0. The average molecular weight is 318 g/mol. The van der Waals surface area contributed by atoms with Crippen molar-refractivity contribution >= 4 is 9.84 Å². The van der Waals surface area contributed by atoms with Crippen molar-refractivity contribution in [1.82, 2.24) is 0 Å². The maximum atomic E-state index is 13.1. The van der Waals surface area contributed by atoms with E-state index < -0.39 is 9.84 Å². The zero-order chi connectivity index (χ0) is 15.9. The van der Waals surface area contributed by atoms with Crippen LogP contribution < -0.4 is 0 Å². The van der Waals surface area contributed by atoms with Crippen LogP contribution in [0.4, 0.5) is 0 Å². The predicted octanol–water partition coefficient (Wildman–Crippen LogP) is 1.99. The van der Waals surface area contributed by atoms with E-state index >= 15 is 0 Å². The van der Waals surface area contributed by atoms with E-state index in [1.807, 2.05) is 27.7 Å². The van der Waals surface area contributed by atoms with E-state index in [0.29, 0.717) is 25.7 Å². The van der Waals surface area contributed by atoms with Gasteiger partial charge in [-0.15, -0.1) is 0 Å². The quantitative estimate of drug-likeness (QED) is 0.816. The molecule has 2 aliphatic rings. The molecule has 2 aliphatic carbocycles. The summed E-state index contributed by atoms with van der Waals surface area (Å²) in [6, 6.07) is 0. The summed E-state index contributed by atoms with van der Waals surface area (Å²) in [7, 11) is -3.22. The molecule has 0 radical (unpaired) electrons. The van der Waals surface area contributed by atoms with E-state index in [1.54, 1.807) is 0 Å². The molecule has 0 spiro atoms. The second-order valence-electron chi connectivity index (χ2n) is 7.65. The van der Waals surface area contributed by atoms with Gasteiger partial charge in [-0.2, -0.15) is 0 Å². The van der Waals surface area contributed by atoms with E-state index in [9.17, 15) is 18.6 Å². The van der Waals surface area contributed by atoms with Gasteiger partial charge in [0.05, 0.1) is 22.7 Å². The molecule has 8 unspecified atom stereocenters. The highest BCUT2D eigenvalue weighted by Gasteiger charge is 2.46. The summed E-state index contributed by atoms with van der Waals surface area (Å²) in [5.74, 6) is 0.108. The number of hydrogen-bond donors (Lipinski definition) is 2. The van der Waals surface area contributed by atoms with Gasteiger partial charge in [0.25, 0.3) is 0 Å². The van der Waals surface area contributed by atoms with Crippen molar-refractivity contribution < 1.29 is 18.6 Å². The summed E-state index contributed by atoms with van der Waals surface area (Å²) in [6.07, 6.45) is 1.51. The second-order valence-corrected chi connectivity index (χ2v) is 10.0. The molecule has 0 aliphatic heterocycles. The fraction of sp³-hybridized carbons (Fsp3) is 1.00. The van der Waals surface area contributed by atoms with Crippen molar-refractivity contribution in [3.63, 3.8) is 0 Å². The minimum atomic E-state index is -3.22. The van der Waals surface area contributed by atoms with E-state index in [1.165, 1.54) is 0 Å². The van der Waals surface area contributed by atoms with E-state index in [4.69, 9.17) is 0 Å². The lowest BCUT2D eigenvalue weighted by atomic mass is 9.81. The van der Waals surface area contributed by atoms with Gasteiger partial charge >= 0.3 is 0 Å². The molecule has 21 heavy (non-hydrogen) atoms. The molecule has 124 valence electrons. The van der Waals surface area contributed by atoms with Crippen LogP contribution in [0.2, 0.25) is 0 Å². The normalized spacial score (nSPS) is 49.0. The van der Waals surface area contributed by atoms with Crippen LogP contribution in [-0.4, -0.2) is 41.3 Å². The summed E-state index contributed by atoms with van der Waals surface area (Å²) >= 11 is 0. The number of sulfone groups is 1. The fourth-order valence-electron chi connectivity index (χ4n) is 4.18. The lowest BCUT2D eigenvalue weighted by Crippen LogP contribution is -2.48. The highest BCUT2D eigenvalue weighted by molar-refractivity contribution is 7.92. The zero-order valence-electron chi connectivity index (χ0n) is 13.6. The minimum absolute atomic E-state index is 0.00977. The molecule has 0 amide bonds. The van der Waals surface area contributed by atoms with Crippen LogP contribution in [0.1, 0.15) is 53.4 Å². The first-order chi connectivity index (χ1) is 9.64. The monoisotopic (exact) mass is 318 g/mol. The Morgan fingerprint density at radius 1 is 0.667 bits per heavy atom. The van der Waals surface area contributed by atoms with Crippen LogP contribution in [0.5, 0.6) is 0 Å². The third-order valence-electron chi connectivity index (χ3n) is 5.86. The highest BCUT2D eigenvalue weighted by atomic mass is 32.2. The maximum Gasteiger partial charge on any atom is 0.156 e. The van der Waals surface area contributed by atoms with Crippen LogP contribution in [-0.2, 0) is 9.84 Å². The van der Waals surface area contributed by atoms with Crippen molar-refractivity contribution in [2.24, 2.45) is 23.7 Å². The Morgan fingerprint density at radius 2 is 1.00 bits per heavy atom. The summed E-state index contributed by atoms with van der Waals surface area (Å²) in [5.41, 5.74) is 0. The second kappa shape index (κ2) is 6.17. The van der Waals surface area contributed by atoms with Gasteiger partial charge < -0.3 is 10.2 Å². The Bertz CT molecular complexity index is 425. The van der Waals surface area contributed by atoms with E-state index in [-0.39, 0.29) is 46.4 Å². The Hall–Kier alpha value is -0.130. The van der Waals surface area contributed by atoms with Crippen molar-refractivity contribution in [3.05, 3.63) is 0 Å². The molecule has 0 aromatic rings. The summed E-state index contributed by atoms with van der Waals surface area (Å²) in [6.45, 7) is 7.78. The summed E-state index contributed by atoms with van der Waals surface area (Å²) in [5, 5.41) is 19.2. The molecule has 0 bridgehead atoms. The third-order valence-corrected chi connectivity index (χ3v) is 8.86. The molecule has 0 heterocycles. The van der Waals surface area contributed by atoms with Crippen LogP contribution in [0.15, 0.2) is 0 Å². The molecular weight excluding hydrogens is 288 g/mol. The van der Waals surface area contributed by atoms with Crippen LogP contribution in [0, 0.1) is 23.7 Å². The zero-order valence-corrected chi connectivity index (χ0v) is 14.4. The van der Waals surface area contributed by atoms with Gasteiger partial charge in [0.2, 0.25) is 0 Å². The van der Waals surface area contributed by atoms with Crippen LogP contribution in [0.25, 0.3) is 0 Å². The highest BCUT2D eigenvalue weighted by Crippen LogP contribution is 2.40. The SMILES string of the molecule is CC1CC(S(=O)(=O)C2CC(C)C(O)CC2C)C(C)CC1O. The van der Waals surface area contributed by atoms with Gasteiger partial charge in [0.1, 0.15) is 0 Å². The van der Waals surface area contributed by atoms with Gasteiger partial charge in [0, 0.05) is 0 Å². The van der Waals surface area contributed by atoms with Gasteiger partial charge in [-0.25, -0.2) is 8.42 Å². The standard InChI is InChI=1S/C16H30O4S/c1-9-7-15(11(3)5-13(9)17)21(19,20)16-8-10(2)14(18)6-12(16)4/h9-18H,5-8H2,1-4H3. The first kappa shape index (κ1) is 17.2. The van der Waals surface area contributed by atoms with Gasteiger partial charge in [-0.3, -0.25) is 0 Å². The van der Waals surface area contributed by atoms with E-state index in [2.05, 4.69) is 0 Å². The van der Waals surface area contributed by atoms with Crippen molar-refractivity contribution in [3.8, 4) is 0 Å². The number of aliphatic hydroxyl groups excluding tert-OH is 2. The fourth-order valence-corrected chi connectivity index (χ4v) is 7.29. The molecular formula is C16H30O4S. The topological polar surface area (TPSA) is 74.6 Å². The van der Waals surface area contributed by atoms with Crippen molar-refractivity contribution in [2.45, 2.75) is 76.1 Å².